The van der Waals surface area contributed by atoms with Crippen LogP contribution >= 0.6 is 0 Å². The van der Waals surface area contributed by atoms with Gasteiger partial charge in [-0.2, -0.15) is 0 Å². The van der Waals surface area contributed by atoms with E-state index in [-0.39, 0.29) is 0 Å². The molecule has 1 aliphatic heterocycles. The third kappa shape index (κ3) is 10.2. The number of aromatic nitrogens is 2. The average Bonchev–Trinajstić information content (AvgIpc) is 3.70. The van der Waals surface area contributed by atoms with Crippen LogP contribution < -0.4 is 32.0 Å². The molecule has 9 nitrogen and oxygen atoms in total. The van der Waals surface area contributed by atoms with E-state index in [4.69, 9.17) is 18.3 Å². The minimum absolute atomic E-state index is 0.353. The first-order valence-corrected chi connectivity index (χ1v) is 27.3. The van der Waals surface area contributed by atoms with Crippen LogP contribution in [0.5, 0.6) is 0 Å². The number of benzene rings is 6. The molecule has 352 valence electrons. The topological polar surface area (TPSA) is 109 Å². The SMILES string of the molecule is CC(C)(C)[Si](O[C@H]1[C@@H](O[Si](c2ccccc2)(c2ccccc2)C(C)(C)C)[C@H](n2ccc(=O)[nH]c2=O)O[C@@H]1[C@H](/C=C/C=C/c1ccccc1)OC(=O)c1ccccc1)(c1ccccc1)c1ccccc1. The van der Waals surface area contributed by atoms with Gasteiger partial charge in [0.1, 0.15) is 24.4 Å². The Bertz CT molecular complexity index is 2870. The highest BCUT2D eigenvalue weighted by molar-refractivity contribution is 7.00. The molecule has 1 N–H and O–H groups in total. The number of hydrogen-bond donors (Lipinski definition) is 1. The molecule has 8 rings (SSSR count). The number of ether oxygens (including phenoxy) is 2. The molecule has 69 heavy (non-hydrogen) atoms. The molecule has 1 aromatic heterocycles. The van der Waals surface area contributed by atoms with Gasteiger partial charge in [-0.3, -0.25) is 14.3 Å². The van der Waals surface area contributed by atoms with Crippen molar-refractivity contribution in [3.63, 3.8) is 0 Å². The largest absolute Gasteiger partial charge is 0.452 e. The molecule has 0 bridgehead atoms. The minimum atomic E-state index is -3.53. The summed E-state index contributed by atoms with van der Waals surface area (Å²) in [5.74, 6) is -0.570. The van der Waals surface area contributed by atoms with E-state index in [1.54, 1.807) is 24.3 Å². The summed E-state index contributed by atoms with van der Waals surface area (Å²) in [4.78, 5) is 44.0. The van der Waals surface area contributed by atoms with Gasteiger partial charge in [0.05, 0.1) is 5.56 Å². The lowest BCUT2D eigenvalue weighted by atomic mass is 10.0. The van der Waals surface area contributed by atoms with Gasteiger partial charge in [0.15, 0.2) is 6.23 Å². The van der Waals surface area contributed by atoms with Crippen LogP contribution in [-0.4, -0.2) is 56.6 Å². The van der Waals surface area contributed by atoms with Crippen molar-refractivity contribution in [3.8, 4) is 0 Å². The monoisotopic (exact) mass is 952 g/mol. The van der Waals surface area contributed by atoms with Crippen molar-refractivity contribution in [2.24, 2.45) is 0 Å². The fraction of sp³-hybridized carbons (Fsp3) is 0.224. The van der Waals surface area contributed by atoms with E-state index in [0.717, 1.165) is 26.3 Å². The summed E-state index contributed by atoms with van der Waals surface area (Å²) in [7, 11) is -7.06. The highest BCUT2D eigenvalue weighted by Gasteiger charge is 2.62. The first-order valence-electron chi connectivity index (χ1n) is 23.4. The van der Waals surface area contributed by atoms with Crippen LogP contribution in [0.4, 0.5) is 0 Å². The smallest absolute Gasteiger partial charge is 0.338 e. The second-order valence-corrected chi connectivity index (χ2v) is 27.9. The zero-order chi connectivity index (χ0) is 48.7. The number of esters is 1. The van der Waals surface area contributed by atoms with Gasteiger partial charge >= 0.3 is 11.7 Å². The Morgan fingerprint density at radius 2 is 1.00 bits per heavy atom. The number of nitrogens with zero attached hydrogens (tertiary/aromatic N) is 1. The van der Waals surface area contributed by atoms with Crippen molar-refractivity contribution in [3.05, 3.63) is 244 Å². The standard InChI is InChI=1S/C58H60N2O7Si2/c1-57(2,3)68(45-32-17-9-18-33-45,46-34-19-10-20-35-46)66-52-51(49(64-55(62)44-30-15-8-16-31-44)40-26-25-29-43-27-13-7-14-28-43)65-54(60-42-41-50(61)59-56(60)63)53(52)67-69(58(4,5)6,47-36-21-11-22-37-47)48-38-23-12-24-39-48/h7-42,49,51-54H,1-6H3,(H,59,61,63)/b29-25+,40-26+/t49-,51+,52+,53+,54+/m0/s1. The minimum Gasteiger partial charge on any atom is -0.452 e. The maximum Gasteiger partial charge on any atom is 0.338 e. The summed E-state index contributed by atoms with van der Waals surface area (Å²) in [5.41, 5.74) is 0.0960. The first-order chi connectivity index (χ1) is 33.2. The van der Waals surface area contributed by atoms with Crippen molar-refractivity contribution in [2.75, 3.05) is 0 Å². The van der Waals surface area contributed by atoms with E-state index in [1.807, 2.05) is 133 Å². The van der Waals surface area contributed by atoms with E-state index in [9.17, 15) is 14.4 Å². The molecular formula is C58H60N2O7Si2. The second kappa shape index (κ2) is 20.9. The number of aromatic amines is 1. The molecule has 1 fully saturated rings. The van der Waals surface area contributed by atoms with Gasteiger partial charge in [0.25, 0.3) is 22.2 Å². The molecule has 2 heterocycles. The lowest BCUT2D eigenvalue weighted by Gasteiger charge is -2.49. The number of rotatable bonds is 15. The molecule has 0 aliphatic carbocycles. The highest BCUT2D eigenvalue weighted by atomic mass is 28.4. The van der Waals surface area contributed by atoms with Gasteiger partial charge < -0.3 is 18.3 Å². The van der Waals surface area contributed by atoms with Crippen LogP contribution in [0.25, 0.3) is 6.08 Å². The molecule has 0 amide bonds. The summed E-state index contributed by atoms with van der Waals surface area (Å²) in [6.07, 6.45) is 3.48. The summed E-state index contributed by atoms with van der Waals surface area (Å²) in [6.45, 7) is 13.2. The van der Waals surface area contributed by atoms with Crippen molar-refractivity contribution >= 4 is 49.4 Å². The molecular weight excluding hydrogens is 893 g/mol. The Hall–Kier alpha value is -6.74. The number of carbonyl (C=O) groups excluding carboxylic acids is 1. The Kier molecular flexibility index (Phi) is 14.7. The first kappa shape index (κ1) is 48.7. The molecule has 1 aliphatic rings. The van der Waals surface area contributed by atoms with Gasteiger partial charge in [-0.1, -0.05) is 230 Å². The Balaban J connectivity index is 1.43. The number of nitrogens with one attached hydrogen (secondary N) is 1. The zero-order valence-corrected chi connectivity index (χ0v) is 42.0. The summed E-state index contributed by atoms with van der Waals surface area (Å²) < 4.78 is 31.7. The van der Waals surface area contributed by atoms with Gasteiger partial charge in [-0.05, 0) is 54.6 Å². The molecule has 6 aromatic carbocycles. The van der Waals surface area contributed by atoms with Crippen molar-refractivity contribution < 1.29 is 23.1 Å². The Morgan fingerprint density at radius 3 is 1.43 bits per heavy atom. The van der Waals surface area contributed by atoms with Gasteiger partial charge in [0, 0.05) is 12.3 Å². The van der Waals surface area contributed by atoms with E-state index < -0.39 is 74.6 Å². The Labute approximate surface area is 407 Å². The third-order valence-corrected chi connectivity index (χ3v) is 22.9. The predicted octanol–water partition coefficient (Wildman–Crippen LogP) is 8.82. The van der Waals surface area contributed by atoms with Crippen LogP contribution in [-0.2, 0) is 18.3 Å². The van der Waals surface area contributed by atoms with E-state index in [0.29, 0.717) is 5.56 Å². The maximum atomic E-state index is 14.4. The summed E-state index contributed by atoms with van der Waals surface area (Å²) in [5, 5.41) is 2.96. The lowest BCUT2D eigenvalue weighted by Crippen LogP contribution is -2.72. The summed E-state index contributed by atoms with van der Waals surface area (Å²) in [6, 6.07) is 61.2. The number of hydrogen-bond acceptors (Lipinski definition) is 7. The van der Waals surface area contributed by atoms with Crippen LogP contribution in [0.15, 0.2) is 222 Å². The molecule has 0 unspecified atom stereocenters. The molecule has 5 atom stereocenters. The maximum absolute atomic E-state index is 14.4. The number of allylic oxidation sites excluding steroid dienone is 2. The van der Waals surface area contributed by atoms with E-state index in [1.165, 1.54) is 16.8 Å². The normalized spacial score (nSPS) is 18.3. The summed E-state index contributed by atoms with van der Waals surface area (Å²) >= 11 is 0. The van der Waals surface area contributed by atoms with Gasteiger partial charge in [-0.15, -0.1) is 0 Å². The van der Waals surface area contributed by atoms with E-state index in [2.05, 4.69) is 95.1 Å². The molecule has 7 aromatic rings. The van der Waals surface area contributed by atoms with Crippen LogP contribution in [0.2, 0.25) is 10.1 Å². The van der Waals surface area contributed by atoms with Crippen molar-refractivity contribution in [1.82, 2.24) is 9.55 Å². The van der Waals surface area contributed by atoms with Crippen LogP contribution in [0, 0.1) is 0 Å². The molecule has 0 saturated carbocycles. The van der Waals surface area contributed by atoms with Crippen molar-refractivity contribution in [1.29, 1.82) is 0 Å². The molecule has 0 spiro atoms. The van der Waals surface area contributed by atoms with Crippen LogP contribution in [0.3, 0.4) is 0 Å². The molecule has 11 heteroatoms. The second-order valence-electron chi connectivity index (χ2n) is 19.4. The number of carbonyl (C=O) groups is 1. The quantitative estimate of drug-likeness (QED) is 0.0622. The molecule has 0 radical (unpaired) electrons. The molecule has 1 saturated heterocycles. The number of H-pyrrole nitrogens is 1. The van der Waals surface area contributed by atoms with Gasteiger partial charge in [-0.25, -0.2) is 9.59 Å². The zero-order valence-electron chi connectivity index (χ0n) is 40.0. The van der Waals surface area contributed by atoms with E-state index >= 15 is 0 Å². The average molecular weight is 953 g/mol. The lowest BCUT2D eigenvalue weighted by molar-refractivity contribution is -0.0770. The fourth-order valence-electron chi connectivity index (χ4n) is 9.72. The Morgan fingerprint density at radius 1 is 0.580 bits per heavy atom. The van der Waals surface area contributed by atoms with Crippen molar-refractivity contribution in [2.45, 2.75) is 82.3 Å². The van der Waals surface area contributed by atoms with Gasteiger partial charge in [0.2, 0.25) is 0 Å². The van der Waals surface area contributed by atoms with Crippen LogP contribution in [0.1, 0.15) is 63.7 Å². The highest BCUT2D eigenvalue weighted by Crippen LogP contribution is 2.46. The fourth-order valence-corrected chi connectivity index (χ4v) is 19.1. The predicted molar refractivity (Wildman–Crippen MR) is 280 cm³/mol. The third-order valence-electron chi connectivity index (χ3n) is 12.9.